The van der Waals surface area contributed by atoms with Crippen LogP contribution >= 0.6 is 0 Å². The fourth-order valence-corrected chi connectivity index (χ4v) is 10.8. The molecule has 46 heavy (non-hydrogen) atoms. The Morgan fingerprint density at radius 1 is 0.783 bits per heavy atom. The van der Waals surface area contributed by atoms with Gasteiger partial charge in [-0.2, -0.15) is 21.4 Å². The van der Waals surface area contributed by atoms with Crippen LogP contribution in [-0.4, -0.2) is 83.8 Å². The summed E-state index contributed by atoms with van der Waals surface area (Å²) in [6.07, 6.45) is 22.8. The van der Waals surface area contributed by atoms with Crippen LogP contribution in [-0.2, 0) is 29.7 Å². The molecule has 0 spiro atoms. The highest BCUT2D eigenvalue weighted by Crippen LogP contribution is 2.45. The molecule has 2 heterocycles. The zero-order valence-electron chi connectivity index (χ0n) is 27.5. The normalized spacial score (nSPS) is 34.4. The average Bonchev–Trinajstić information content (AvgIpc) is 3.55. The summed E-state index contributed by atoms with van der Waals surface area (Å²) in [5, 5.41) is 0. The summed E-state index contributed by atoms with van der Waals surface area (Å²) in [7, 11) is -8.45. The molecule has 0 radical (unpaired) electrons. The van der Waals surface area contributed by atoms with E-state index in [0.29, 0.717) is 41.9 Å². The zero-order valence-corrected chi connectivity index (χ0v) is 29.1. The van der Waals surface area contributed by atoms with Crippen LogP contribution in [0.2, 0.25) is 0 Å². The molecule has 4 saturated carbocycles. The number of allylic oxidation sites excluding steroid dienone is 2. The molecule has 0 aromatic carbocycles. The molecule has 0 bridgehead atoms. The Hall–Kier alpha value is -1.63. The molecule has 2 N–H and O–H groups in total. The van der Waals surface area contributed by atoms with Crippen LogP contribution in [0.15, 0.2) is 23.6 Å². The first-order valence-electron chi connectivity index (χ1n) is 18.0. The molecule has 10 nitrogen and oxygen atoms in total. The lowest BCUT2D eigenvalue weighted by molar-refractivity contribution is -0.546. The second-order valence-electron chi connectivity index (χ2n) is 14.9. The molecule has 6 aliphatic rings. The van der Waals surface area contributed by atoms with Crippen molar-refractivity contribution < 1.29 is 40.0 Å². The lowest BCUT2D eigenvalue weighted by atomic mass is 9.71. The van der Waals surface area contributed by atoms with E-state index in [9.17, 15) is 25.9 Å². The molecule has 5 fully saturated rings. The molecule has 1 saturated heterocycles. The number of fused-ring (bicyclic) bond motifs is 2. The van der Waals surface area contributed by atoms with Crippen LogP contribution in [0.4, 0.5) is 0 Å². The van der Waals surface area contributed by atoms with Gasteiger partial charge in [-0.1, -0.05) is 71.1 Å². The molecule has 2 aliphatic heterocycles. The quantitative estimate of drug-likeness (QED) is 0.213. The number of ether oxygens (including phenoxy) is 2. The van der Waals surface area contributed by atoms with Gasteiger partial charge in [-0.25, -0.2) is 0 Å². The van der Waals surface area contributed by atoms with Crippen LogP contribution in [0.1, 0.15) is 116 Å². The lowest BCUT2D eigenvalue weighted by Gasteiger charge is -2.39. The first-order valence-corrected chi connectivity index (χ1v) is 21.3. The number of rotatable bonds is 10. The van der Waals surface area contributed by atoms with Gasteiger partial charge in [-0.15, -0.1) is 0 Å². The van der Waals surface area contributed by atoms with Gasteiger partial charge in [-0.05, 0) is 67.8 Å². The molecular formula is C34H55N2O8S2+. The third-order valence-corrected chi connectivity index (χ3v) is 13.4. The molecule has 6 rings (SSSR count). The maximum atomic E-state index is 12.2. The van der Waals surface area contributed by atoms with Crippen LogP contribution in [0, 0.1) is 23.7 Å². The van der Waals surface area contributed by atoms with Gasteiger partial charge in [0.25, 0.3) is 16.0 Å². The third-order valence-electron chi connectivity index (χ3n) is 12.1. The Balaban J connectivity index is 1.27. The van der Waals surface area contributed by atoms with Gasteiger partial charge in [0.2, 0.25) is 0 Å². The molecule has 12 heteroatoms. The van der Waals surface area contributed by atoms with E-state index in [0.717, 1.165) is 44.1 Å². The van der Waals surface area contributed by atoms with Crippen molar-refractivity contribution in [2.45, 2.75) is 140 Å². The monoisotopic (exact) mass is 683 g/mol. The SMILES string of the molecule is CCC(=C/C1=[N+](CS(=O)(=O)O)C2CC(C3CCCCC3)CCC2O1)/C=C1\OC2CCC(C3CCCCC3)CC2N1CCS(=O)(=O)O. The van der Waals surface area contributed by atoms with Crippen LogP contribution in [0.3, 0.4) is 0 Å². The molecule has 6 atom stereocenters. The van der Waals surface area contributed by atoms with Crippen LogP contribution in [0.25, 0.3) is 0 Å². The van der Waals surface area contributed by atoms with Crippen molar-refractivity contribution in [1.82, 2.24) is 4.90 Å². The third kappa shape index (κ3) is 8.32. The van der Waals surface area contributed by atoms with Crippen molar-refractivity contribution in [3.8, 4) is 0 Å². The van der Waals surface area contributed by atoms with Crippen molar-refractivity contribution in [3.63, 3.8) is 0 Å². The molecule has 0 aromatic rings. The molecule has 0 aromatic heterocycles. The van der Waals surface area contributed by atoms with Crippen molar-refractivity contribution in [2.24, 2.45) is 23.7 Å². The lowest BCUT2D eigenvalue weighted by Crippen LogP contribution is -2.43. The second-order valence-corrected chi connectivity index (χ2v) is 17.9. The number of hydrogen-bond donors (Lipinski definition) is 2. The second kappa shape index (κ2) is 14.5. The van der Waals surface area contributed by atoms with Gasteiger partial charge >= 0.3 is 16.0 Å². The van der Waals surface area contributed by atoms with E-state index in [2.05, 4.69) is 0 Å². The standard InChI is InChI=1S/C34H54N2O8S2/c1-2-24(20-34-36(23-46(40,41)42)30-22-28(14-16-32(30)44-34)26-11-7-4-8-12-26)19-33-35(17-18-45(37,38)39)29-21-27(13-15-31(29)43-33)25-9-5-3-6-10-25/h19-20,25-32H,2-18,21-23H2,1H3,(H-,37,38,39,40,41,42)/p+1. The molecular weight excluding hydrogens is 629 g/mol. The molecule has 6 unspecified atom stereocenters. The van der Waals surface area contributed by atoms with Crippen LogP contribution in [0.5, 0.6) is 0 Å². The highest BCUT2D eigenvalue weighted by Gasteiger charge is 2.50. The Labute approximate surface area is 276 Å². The summed E-state index contributed by atoms with van der Waals surface area (Å²) in [4.78, 5) is 2.04. The summed E-state index contributed by atoms with van der Waals surface area (Å²) < 4.78 is 82.4. The maximum absolute atomic E-state index is 12.2. The molecule has 4 aliphatic carbocycles. The fourth-order valence-electron chi connectivity index (χ4n) is 9.69. The van der Waals surface area contributed by atoms with E-state index in [1.165, 1.54) is 64.2 Å². The minimum Gasteiger partial charge on any atom is -0.474 e. The van der Waals surface area contributed by atoms with E-state index < -0.39 is 26.1 Å². The van der Waals surface area contributed by atoms with Gasteiger partial charge in [0.15, 0.2) is 18.0 Å². The smallest absolute Gasteiger partial charge is 0.364 e. The van der Waals surface area contributed by atoms with Gasteiger partial charge in [0.05, 0.1) is 17.9 Å². The van der Waals surface area contributed by atoms with E-state index in [-0.39, 0.29) is 36.6 Å². The Bertz CT molecular complexity index is 1400. The topological polar surface area (TPSA) is 133 Å². The molecule has 260 valence electrons. The number of hydrogen-bond acceptors (Lipinski definition) is 7. The first-order chi connectivity index (χ1) is 22.0. The van der Waals surface area contributed by atoms with Crippen LogP contribution < -0.4 is 0 Å². The van der Waals surface area contributed by atoms with Crippen molar-refractivity contribution in [1.29, 1.82) is 0 Å². The highest BCUT2D eigenvalue weighted by atomic mass is 32.2. The fraction of sp³-hybridized carbons (Fsp3) is 0.853. The Kier molecular flexibility index (Phi) is 10.8. The first kappa shape index (κ1) is 34.2. The average molecular weight is 684 g/mol. The maximum Gasteiger partial charge on any atom is 0.364 e. The Morgan fingerprint density at radius 2 is 1.39 bits per heavy atom. The van der Waals surface area contributed by atoms with E-state index >= 15 is 0 Å². The van der Waals surface area contributed by atoms with E-state index in [1.807, 2.05) is 24.0 Å². The highest BCUT2D eigenvalue weighted by molar-refractivity contribution is 7.85. The predicted molar refractivity (Wildman–Crippen MR) is 176 cm³/mol. The summed E-state index contributed by atoms with van der Waals surface area (Å²) in [5.74, 6) is 2.70. The minimum absolute atomic E-state index is 0.0309. The van der Waals surface area contributed by atoms with Gasteiger partial charge in [0, 0.05) is 19.0 Å². The zero-order chi connectivity index (χ0) is 32.5. The molecule has 0 amide bonds. The van der Waals surface area contributed by atoms with Gasteiger partial charge in [-0.3, -0.25) is 9.11 Å². The summed E-state index contributed by atoms with van der Waals surface area (Å²) >= 11 is 0. The predicted octanol–water partition coefficient (Wildman–Crippen LogP) is 5.91. The van der Waals surface area contributed by atoms with Crippen molar-refractivity contribution >= 4 is 26.1 Å². The van der Waals surface area contributed by atoms with Crippen molar-refractivity contribution in [3.05, 3.63) is 23.6 Å². The summed E-state index contributed by atoms with van der Waals surface area (Å²) in [5.41, 5.74) is 0.868. The Morgan fingerprint density at radius 3 is 1.98 bits per heavy atom. The number of nitrogens with zero attached hydrogens (tertiary/aromatic N) is 2. The largest absolute Gasteiger partial charge is 0.474 e. The minimum atomic E-state index is -4.29. The summed E-state index contributed by atoms with van der Waals surface area (Å²) in [6, 6.07) is -0.0500. The van der Waals surface area contributed by atoms with E-state index in [1.54, 1.807) is 4.58 Å². The van der Waals surface area contributed by atoms with Gasteiger partial charge < -0.3 is 14.4 Å². The summed E-state index contributed by atoms with van der Waals surface area (Å²) in [6.45, 7) is 2.16. The van der Waals surface area contributed by atoms with Gasteiger partial charge in [0.1, 0.15) is 6.10 Å². The van der Waals surface area contributed by atoms with Crippen molar-refractivity contribution in [2.75, 3.05) is 18.2 Å². The van der Waals surface area contributed by atoms with E-state index in [4.69, 9.17) is 9.47 Å².